The standard InChI is InChI=1S/C18H12N4OS/c23-18-22-17(21-13-4-2-1-3-5-13)16(24-18)11-12-6-7-14-15(10-12)20-9-8-19-14/h1-11H,(H,21,22,23). The number of carbonyl (C=O) groups is 1. The molecule has 0 radical (unpaired) electrons. The van der Waals surface area contributed by atoms with Gasteiger partial charge in [0.1, 0.15) is 5.84 Å². The Kier molecular flexibility index (Phi) is 3.80. The van der Waals surface area contributed by atoms with Gasteiger partial charge in [-0.15, -0.1) is 0 Å². The molecule has 0 unspecified atom stereocenters. The number of rotatable bonds is 2. The van der Waals surface area contributed by atoms with Crippen LogP contribution in [0.4, 0.5) is 10.5 Å². The van der Waals surface area contributed by atoms with Crippen molar-refractivity contribution in [1.82, 2.24) is 15.3 Å². The molecule has 3 aromatic rings. The Morgan fingerprint density at radius 1 is 1.00 bits per heavy atom. The van der Waals surface area contributed by atoms with Gasteiger partial charge in [-0.05, 0) is 47.7 Å². The molecule has 4 rings (SSSR count). The van der Waals surface area contributed by atoms with E-state index in [0.717, 1.165) is 39.0 Å². The molecule has 1 amide bonds. The summed E-state index contributed by atoms with van der Waals surface area (Å²) in [6.45, 7) is 0. The molecule has 6 heteroatoms. The van der Waals surface area contributed by atoms with E-state index in [1.165, 1.54) is 0 Å². The fourth-order valence-electron chi connectivity index (χ4n) is 2.37. The average molecular weight is 332 g/mol. The first-order valence-corrected chi connectivity index (χ1v) is 8.15. The third kappa shape index (κ3) is 3.04. The van der Waals surface area contributed by atoms with Crippen LogP contribution in [0.15, 0.2) is 70.8 Å². The van der Waals surface area contributed by atoms with Crippen LogP contribution < -0.4 is 5.32 Å². The lowest BCUT2D eigenvalue weighted by molar-refractivity contribution is 0.265. The van der Waals surface area contributed by atoms with Gasteiger partial charge in [0.25, 0.3) is 5.24 Å². The highest BCUT2D eigenvalue weighted by atomic mass is 32.2. The normalized spacial score (nSPS) is 17.6. The van der Waals surface area contributed by atoms with Crippen molar-refractivity contribution in [3.63, 3.8) is 0 Å². The number of hydrogen-bond donors (Lipinski definition) is 1. The minimum absolute atomic E-state index is 0.128. The maximum Gasteiger partial charge on any atom is 0.289 e. The summed E-state index contributed by atoms with van der Waals surface area (Å²) in [6.07, 6.45) is 5.26. The number of amides is 1. The van der Waals surface area contributed by atoms with Crippen molar-refractivity contribution in [2.75, 3.05) is 0 Å². The van der Waals surface area contributed by atoms with Crippen molar-refractivity contribution in [3.05, 3.63) is 71.4 Å². The van der Waals surface area contributed by atoms with E-state index in [2.05, 4.69) is 20.3 Å². The van der Waals surface area contributed by atoms with E-state index in [0.29, 0.717) is 5.84 Å². The molecule has 116 valence electrons. The minimum atomic E-state index is -0.128. The van der Waals surface area contributed by atoms with Crippen LogP contribution in [0.1, 0.15) is 5.56 Å². The topological polar surface area (TPSA) is 67.2 Å². The second-order valence-corrected chi connectivity index (χ2v) is 6.14. The molecule has 24 heavy (non-hydrogen) atoms. The summed E-state index contributed by atoms with van der Waals surface area (Å²) >= 11 is 1.14. The number of para-hydroxylation sites is 1. The van der Waals surface area contributed by atoms with Crippen LogP contribution in [0.25, 0.3) is 17.1 Å². The van der Waals surface area contributed by atoms with E-state index in [-0.39, 0.29) is 5.24 Å². The van der Waals surface area contributed by atoms with Gasteiger partial charge in [0.05, 0.1) is 21.6 Å². The number of nitrogens with zero attached hydrogens (tertiary/aromatic N) is 3. The number of nitrogens with one attached hydrogen (secondary N) is 1. The number of aliphatic imine (C=N–C) groups is 1. The molecule has 0 bridgehead atoms. The van der Waals surface area contributed by atoms with Gasteiger partial charge in [-0.3, -0.25) is 14.8 Å². The maximum atomic E-state index is 11.8. The fraction of sp³-hybridized carbons (Fsp3) is 0. The van der Waals surface area contributed by atoms with Crippen molar-refractivity contribution in [2.24, 2.45) is 4.99 Å². The molecular weight excluding hydrogens is 320 g/mol. The van der Waals surface area contributed by atoms with Crippen LogP contribution in [0.3, 0.4) is 0 Å². The number of thioether (sulfide) groups is 1. The number of amidine groups is 1. The molecule has 0 saturated carbocycles. The summed E-state index contributed by atoms with van der Waals surface area (Å²) in [5, 5.41) is 2.66. The lowest BCUT2D eigenvalue weighted by atomic mass is 10.1. The smallest absolute Gasteiger partial charge is 0.289 e. The van der Waals surface area contributed by atoms with Gasteiger partial charge in [0.15, 0.2) is 0 Å². The van der Waals surface area contributed by atoms with Crippen LogP contribution in [0.2, 0.25) is 0 Å². The summed E-state index contributed by atoms with van der Waals surface area (Å²) < 4.78 is 0. The molecule has 1 saturated heterocycles. The lowest BCUT2D eigenvalue weighted by Crippen LogP contribution is -2.18. The number of benzene rings is 2. The van der Waals surface area contributed by atoms with E-state index in [4.69, 9.17) is 0 Å². The highest BCUT2D eigenvalue weighted by Gasteiger charge is 2.23. The summed E-state index contributed by atoms with van der Waals surface area (Å²) in [6, 6.07) is 15.3. The van der Waals surface area contributed by atoms with Gasteiger partial charge >= 0.3 is 0 Å². The third-order valence-electron chi connectivity index (χ3n) is 3.44. The number of carbonyl (C=O) groups excluding carboxylic acids is 1. The molecule has 2 heterocycles. The first-order valence-electron chi connectivity index (χ1n) is 7.33. The van der Waals surface area contributed by atoms with Gasteiger partial charge in [-0.2, -0.15) is 0 Å². The Hall–Kier alpha value is -2.99. The molecule has 1 aromatic heterocycles. The first kappa shape index (κ1) is 14.6. The zero-order valence-electron chi connectivity index (χ0n) is 12.5. The maximum absolute atomic E-state index is 11.8. The third-order valence-corrected chi connectivity index (χ3v) is 4.26. The van der Waals surface area contributed by atoms with Gasteiger partial charge < -0.3 is 5.32 Å². The number of fused-ring (bicyclic) bond motifs is 1. The van der Waals surface area contributed by atoms with Gasteiger partial charge in [-0.25, -0.2) is 4.99 Å². The molecular formula is C18H12N4OS. The predicted octanol–water partition coefficient (Wildman–Crippen LogP) is 4.16. The molecule has 1 aliphatic rings. The molecule has 1 N–H and O–H groups in total. The summed E-state index contributed by atoms with van der Waals surface area (Å²) in [7, 11) is 0. The average Bonchev–Trinajstić information content (AvgIpc) is 2.95. The minimum Gasteiger partial charge on any atom is -0.300 e. The van der Waals surface area contributed by atoms with Gasteiger partial charge in [0, 0.05) is 12.4 Å². The van der Waals surface area contributed by atoms with Crippen molar-refractivity contribution in [3.8, 4) is 0 Å². The number of hydrogen-bond acceptors (Lipinski definition) is 5. The van der Waals surface area contributed by atoms with Gasteiger partial charge in [-0.1, -0.05) is 24.3 Å². The molecule has 2 aromatic carbocycles. The second-order valence-electron chi connectivity index (χ2n) is 5.12. The summed E-state index contributed by atoms with van der Waals surface area (Å²) in [5.74, 6) is 0.565. The molecule has 0 spiro atoms. The molecule has 0 aliphatic carbocycles. The van der Waals surface area contributed by atoms with Gasteiger partial charge in [0.2, 0.25) is 0 Å². The monoisotopic (exact) mass is 332 g/mol. The van der Waals surface area contributed by atoms with Crippen LogP contribution in [-0.4, -0.2) is 21.0 Å². The highest BCUT2D eigenvalue weighted by molar-refractivity contribution is 8.18. The Labute approximate surface area is 142 Å². The van der Waals surface area contributed by atoms with Crippen molar-refractivity contribution in [2.45, 2.75) is 0 Å². The Balaban J connectivity index is 1.73. The quantitative estimate of drug-likeness (QED) is 0.765. The van der Waals surface area contributed by atoms with E-state index in [1.54, 1.807) is 12.4 Å². The van der Waals surface area contributed by atoms with E-state index in [1.807, 2.05) is 54.6 Å². The van der Waals surface area contributed by atoms with Crippen molar-refractivity contribution >= 4 is 45.6 Å². The summed E-state index contributed by atoms with van der Waals surface area (Å²) in [4.78, 5) is 25.6. The van der Waals surface area contributed by atoms with E-state index < -0.39 is 0 Å². The SMILES string of the molecule is O=C1NC(=Nc2ccccc2)C(=Cc2ccc3nccnc3c2)S1. The zero-order valence-corrected chi connectivity index (χ0v) is 13.3. The largest absolute Gasteiger partial charge is 0.300 e. The molecule has 5 nitrogen and oxygen atoms in total. The number of aromatic nitrogens is 2. The second kappa shape index (κ2) is 6.25. The van der Waals surface area contributed by atoms with Crippen molar-refractivity contribution < 1.29 is 4.79 Å². The molecule has 1 aliphatic heterocycles. The van der Waals surface area contributed by atoms with Crippen LogP contribution in [0, 0.1) is 0 Å². The van der Waals surface area contributed by atoms with E-state index in [9.17, 15) is 4.79 Å². The first-order chi connectivity index (χ1) is 11.8. The van der Waals surface area contributed by atoms with E-state index >= 15 is 0 Å². The molecule has 1 fully saturated rings. The van der Waals surface area contributed by atoms with Crippen molar-refractivity contribution in [1.29, 1.82) is 0 Å². The van der Waals surface area contributed by atoms with Crippen LogP contribution >= 0.6 is 11.8 Å². The lowest BCUT2D eigenvalue weighted by Gasteiger charge is -2.01. The predicted molar refractivity (Wildman–Crippen MR) is 97.2 cm³/mol. The van der Waals surface area contributed by atoms with Crippen LogP contribution in [0.5, 0.6) is 0 Å². The Morgan fingerprint density at radius 3 is 2.62 bits per heavy atom. The fourth-order valence-corrected chi connectivity index (χ4v) is 3.10. The Morgan fingerprint density at radius 2 is 1.79 bits per heavy atom. The summed E-state index contributed by atoms with van der Waals surface area (Å²) in [5.41, 5.74) is 3.40. The zero-order chi connectivity index (χ0) is 16.4. The Bertz CT molecular complexity index is 982. The highest BCUT2D eigenvalue weighted by Crippen LogP contribution is 2.28. The van der Waals surface area contributed by atoms with Crippen LogP contribution in [-0.2, 0) is 0 Å². The molecule has 0 atom stereocenters.